The minimum Gasteiger partial charge on any atom is -0.477 e. The van der Waals surface area contributed by atoms with Crippen LogP contribution in [0.4, 0.5) is 11.4 Å². The number of carboxylic acid groups (broad SMARTS) is 1. The zero-order valence-electron chi connectivity index (χ0n) is 17.5. The molecule has 10 heteroatoms. The molecule has 1 heterocycles. The van der Waals surface area contributed by atoms with E-state index in [0.717, 1.165) is 18.9 Å². The fourth-order valence-corrected chi connectivity index (χ4v) is 4.31. The maximum atomic E-state index is 12.7. The van der Waals surface area contributed by atoms with Gasteiger partial charge in [-0.2, -0.15) is 5.26 Å². The Hall–Kier alpha value is -3.32. The number of carbonyl (C=O) groups is 1. The van der Waals surface area contributed by atoms with E-state index in [1.54, 1.807) is 11.0 Å². The number of nitriles is 1. The van der Waals surface area contributed by atoms with Crippen LogP contribution >= 0.6 is 11.8 Å². The fraction of sp³-hybridized carbons (Fsp3) is 0.381. The van der Waals surface area contributed by atoms with Gasteiger partial charge in [0, 0.05) is 35.5 Å². The normalized spacial score (nSPS) is 11.4. The van der Waals surface area contributed by atoms with Crippen LogP contribution < -0.4 is 10.5 Å². The van der Waals surface area contributed by atoms with E-state index in [0.29, 0.717) is 34.8 Å². The summed E-state index contributed by atoms with van der Waals surface area (Å²) < 4.78 is 5.41. The Balaban J connectivity index is 2.92. The Kier molecular flexibility index (Phi) is 8.22. The van der Waals surface area contributed by atoms with Crippen molar-refractivity contribution in [2.75, 3.05) is 23.7 Å². The largest absolute Gasteiger partial charge is 0.477 e. The molecule has 0 fully saturated rings. The number of nitro groups is 1. The molecule has 164 valence electrons. The number of fused-ring (bicyclic) bond motifs is 1. The molecular weight excluding hydrogens is 422 g/mol. The molecule has 2 aromatic rings. The van der Waals surface area contributed by atoms with Gasteiger partial charge in [-0.15, -0.1) is 11.8 Å². The summed E-state index contributed by atoms with van der Waals surface area (Å²) in [5, 5.41) is 30.4. The number of carboxylic acids is 1. The van der Waals surface area contributed by atoms with Gasteiger partial charge in [-0.05, 0) is 32.1 Å². The second-order valence-corrected chi connectivity index (χ2v) is 7.68. The number of nitrogens with zero attached hydrogens (tertiary/aromatic N) is 3. The third kappa shape index (κ3) is 5.24. The monoisotopic (exact) mass is 445 g/mol. The van der Waals surface area contributed by atoms with E-state index in [-0.39, 0.29) is 16.8 Å². The summed E-state index contributed by atoms with van der Waals surface area (Å²) in [5.74, 6) is -0.870. The minimum absolute atomic E-state index is 0.0996. The molecule has 9 nitrogen and oxygen atoms in total. The number of anilines is 1. The number of aliphatic carboxylic acids is 1. The highest BCUT2D eigenvalue weighted by Gasteiger charge is 2.24. The summed E-state index contributed by atoms with van der Waals surface area (Å²) >= 11 is 1.28. The highest BCUT2D eigenvalue weighted by molar-refractivity contribution is 7.99. The van der Waals surface area contributed by atoms with Gasteiger partial charge in [0.25, 0.3) is 5.69 Å². The van der Waals surface area contributed by atoms with Crippen molar-refractivity contribution >= 4 is 46.2 Å². The summed E-state index contributed by atoms with van der Waals surface area (Å²) in [6.07, 6.45) is 2.67. The van der Waals surface area contributed by atoms with Crippen LogP contribution in [0.15, 0.2) is 31.8 Å². The molecule has 1 N–H and O–H groups in total. The highest BCUT2D eigenvalue weighted by atomic mass is 32.2. The first kappa shape index (κ1) is 24.0. The Morgan fingerprint density at radius 2 is 2.03 bits per heavy atom. The summed E-state index contributed by atoms with van der Waals surface area (Å²) in [4.78, 5) is 37.5. The first-order chi connectivity index (χ1) is 14.8. The van der Waals surface area contributed by atoms with Crippen LogP contribution in [-0.2, 0) is 4.79 Å². The number of hydrogen-bond acceptors (Lipinski definition) is 8. The number of nitro benzene ring substituents is 1. The first-order valence-electron chi connectivity index (χ1n) is 9.80. The Morgan fingerprint density at radius 3 is 2.55 bits per heavy atom. The number of rotatable bonds is 10. The van der Waals surface area contributed by atoms with Crippen molar-refractivity contribution < 1.29 is 19.2 Å². The van der Waals surface area contributed by atoms with Gasteiger partial charge in [-0.25, -0.2) is 9.59 Å². The second kappa shape index (κ2) is 10.6. The van der Waals surface area contributed by atoms with E-state index in [1.807, 2.05) is 20.8 Å². The van der Waals surface area contributed by atoms with E-state index >= 15 is 0 Å². The van der Waals surface area contributed by atoms with Crippen LogP contribution in [0.3, 0.4) is 0 Å². The topological polar surface area (TPSA) is 138 Å². The molecule has 0 atom stereocenters. The van der Waals surface area contributed by atoms with E-state index in [4.69, 9.17) is 9.68 Å². The molecule has 0 bridgehead atoms. The van der Waals surface area contributed by atoms with Crippen LogP contribution in [0.1, 0.15) is 39.2 Å². The quantitative estimate of drug-likeness (QED) is 0.107. The van der Waals surface area contributed by atoms with Crippen molar-refractivity contribution in [1.82, 2.24) is 0 Å². The third-order valence-corrected chi connectivity index (χ3v) is 5.89. The van der Waals surface area contributed by atoms with E-state index in [2.05, 4.69) is 0 Å². The average molecular weight is 445 g/mol. The van der Waals surface area contributed by atoms with Gasteiger partial charge in [0.2, 0.25) is 0 Å². The van der Waals surface area contributed by atoms with E-state index in [1.165, 1.54) is 23.9 Å². The van der Waals surface area contributed by atoms with Crippen LogP contribution in [0.2, 0.25) is 0 Å². The van der Waals surface area contributed by atoms with Crippen molar-refractivity contribution in [3.63, 3.8) is 0 Å². The first-order valence-corrected chi connectivity index (χ1v) is 10.8. The van der Waals surface area contributed by atoms with Crippen molar-refractivity contribution in [3.8, 4) is 6.07 Å². The number of benzene rings is 1. The lowest BCUT2D eigenvalue weighted by atomic mass is 10.1. The maximum absolute atomic E-state index is 12.7. The average Bonchev–Trinajstić information content (AvgIpc) is 2.73. The van der Waals surface area contributed by atoms with Gasteiger partial charge >= 0.3 is 11.6 Å². The SMILES string of the molecule is CCCCSc1c(/C=C(\C#N)C(=O)O)c(=O)oc2cc(N(CC)CC)c([N+](=O)[O-])cc12. The minimum atomic E-state index is -1.48. The van der Waals surface area contributed by atoms with Crippen molar-refractivity contribution in [1.29, 1.82) is 5.26 Å². The predicted molar refractivity (Wildman–Crippen MR) is 120 cm³/mol. The summed E-state index contributed by atoms with van der Waals surface area (Å²) in [6, 6.07) is 4.37. The van der Waals surface area contributed by atoms with Crippen molar-refractivity contribution in [2.24, 2.45) is 0 Å². The molecule has 0 amide bonds. The molecule has 0 aliphatic heterocycles. The van der Waals surface area contributed by atoms with Crippen molar-refractivity contribution in [3.05, 3.63) is 43.8 Å². The fourth-order valence-electron chi connectivity index (χ4n) is 3.06. The zero-order valence-corrected chi connectivity index (χ0v) is 18.3. The van der Waals surface area contributed by atoms with E-state index < -0.39 is 22.1 Å². The van der Waals surface area contributed by atoms with Crippen LogP contribution in [0, 0.1) is 21.4 Å². The molecule has 0 aliphatic rings. The van der Waals surface area contributed by atoms with Gasteiger partial charge < -0.3 is 14.4 Å². The van der Waals surface area contributed by atoms with Crippen LogP contribution in [-0.4, -0.2) is 34.8 Å². The van der Waals surface area contributed by atoms with Crippen LogP contribution in [0.5, 0.6) is 0 Å². The standard InChI is InChI=1S/C21H23N3O6S/c1-4-7-8-31-19-14-10-17(24(28)29)16(23(5-2)6-3)11-18(14)30-21(27)15(19)9-13(12-22)20(25)26/h9-11H,4-8H2,1-3H3,(H,25,26)/b13-9+. The molecule has 0 radical (unpaired) electrons. The Labute approximate surface area is 183 Å². The van der Waals surface area contributed by atoms with E-state index in [9.17, 15) is 24.8 Å². The van der Waals surface area contributed by atoms with Gasteiger partial charge in [0.15, 0.2) is 0 Å². The zero-order chi connectivity index (χ0) is 23.1. The Bertz CT molecular complexity index is 1130. The van der Waals surface area contributed by atoms with Gasteiger partial charge in [0.1, 0.15) is 22.9 Å². The summed E-state index contributed by atoms with van der Waals surface area (Å²) in [5.41, 5.74) is -1.17. The molecule has 1 aromatic heterocycles. The maximum Gasteiger partial charge on any atom is 0.346 e. The lowest BCUT2D eigenvalue weighted by Crippen LogP contribution is -2.23. The van der Waals surface area contributed by atoms with Gasteiger partial charge in [-0.3, -0.25) is 10.1 Å². The number of thioether (sulfide) groups is 1. The van der Waals surface area contributed by atoms with Gasteiger partial charge in [0.05, 0.1) is 10.5 Å². The second-order valence-electron chi connectivity index (χ2n) is 6.58. The lowest BCUT2D eigenvalue weighted by molar-refractivity contribution is -0.384. The molecule has 31 heavy (non-hydrogen) atoms. The Morgan fingerprint density at radius 1 is 1.35 bits per heavy atom. The lowest BCUT2D eigenvalue weighted by Gasteiger charge is -2.21. The number of unbranched alkanes of at least 4 members (excludes halogenated alkanes) is 1. The summed E-state index contributed by atoms with van der Waals surface area (Å²) in [6.45, 7) is 6.77. The number of hydrogen-bond donors (Lipinski definition) is 1. The van der Waals surface area contributed by atoms with Crippen molar-refractivity contribution in [2.45, 2.75) is 38.5 Å². The molecule has 1 aromatic carbocycles. The molecule has 0 saturated carbocycles. The molecule has 0 spiro atoms. The molecule has 0 unspecified atom stereocenters. The summed E-state index contributed by atoms with van der Waals surface area (Å²) in [7, 11) is 0. The molecule has 2 rings (SSSR count). The van der Waals surface area contributed by atoms with Crippen LogP contribution in [0.25, 0.3) is 17.0 Å². The molecular formula is C21H23N3O6S. The third-order valence-electron chi connectivity index (χ3n) is 4.67. The molecule has 0 saturated heterocycles. The predicted octanol–water partition coefficient (Wildman–Crippen LogP) is 4.43. The van der Waals surface area contributed by atoms with Gasteiger partial charge in [-0.1, -0.05) is 13.3 Å². The molecule has 0 aliphatic carbocycles. The highest BCUT2D eigenvalue weighted by Crippen LogP contribution is 2.38. The smallest absolute Gasteiger partial charge is 0.346 e.